The van der Waals surface area contributed by atoms with Gasteiger partial charge in [-0.15, -0.1) is 11.8 Å². The van der Waals surface area contributed by atoms with Crippen LogP contribution in [0.1, 0.15) is 20.8 Å². The highest BCUT2D eigenvalue weighted by Gasteiger charge is 2.41. The van der Waals surface area contributed by atoms with Crippen LogP contribution in [0.4, 0.5) is 0 Å². The van der Waals surface area contributed by atoms with Crippen LogP contribution in [0.3, 0.4) is 0 Å². The highest BCUT2D eigenvalue weighted by Crippen LogP contribution is 2.32. The maximum atomic E-state index is 8.64. The van der Waals surface area contributed by atoms with Crippen LogP contribution < -0.4 is 0 Å². The Kier molecular flexibility index (Phi) is 3.04. The minimum Gasteiger partial charge on any atom is -0.386 e. The monoisotopic (exact) mass is 192 g/mol. The molecule has 0 unspecified atom stereocenters. The Morgan fingerprint density at radius 1 is 1.42 bits per heavy atom. The number of thioether (sulfide) groups is 1. The molecule has 1 aliphatic rings. The molecule has 12 heavy (non-hydrogen) atoms. The molecule has 1 heterocycles. The second-order valence-corrected chi connectivity index (χ2v) is 4.67. The minimum absolute atomic E-state index is 0.138. The summed E-state index contributed by atoms with van der Waals surface area (Å²) < 4.78 is 11.1. The molecule has 0 radical (unpaired) electrons. The van der Waals surface area contributed by atoms with Crippen molar-refractivity contribution in [3.8, 4) is 0 Å². The molecule has 0 aromatic rings. The van der Waals surface area contributed by atoms with E-state index in [9.17, 15) is 0 Å². The highest BCUT2D eigenvalue weighted by molar-refractivity contribution is 7.99. The maximum absolute atomic E-state index is 8.64. The van der Waals surface area contributed by atoms with Crippen LogP contribution in [0.5, 0.6) is 0 Å². The Morgan fingerprint density at radius 2 is 2.08 bits per heavy atom. The van der Waals surface area contributed by atoms with E-state index < -0.39 is 5.79 Å². The van der Waals surface area contributed by atoms with Crippen molar-refractivity contribution in [1.82, 2.24) is 0 Å². The van der Waals surface area contributed by atoms with Crippen molar-refractivity contribution >= 4 is 11.8 Å². The molecule has 4 heteroatoms. The molecule has 3 nitrogen and oxygen atoms in total. The molecule has 1 saturated heterocycles. The van der Waals surface area contributed by atoms with Gasteiger partial charge in [0.25, 0.3) is 0 Å². The summed E-state index contributed by atoms with van der Waals surface area (Å²) in [6.45, 7) is 6.42. The number of rotatable bonds is 3. The van der Waals surface area contributed by atoms with Crippen LogP contribution in [0.2, 0.25) is 0 Å². The van der Waals surface area contributed by atoms with Crippen molar-refractivity contribution in [1.29, 1.82) is 0 Å². The van der Waals surface area contributed by atoms with Gasteiger partial charge in [-0.05, 0) is 20.8 Å². The van der Waals surface area contributed by atoms with E-state index in [0.29, 0.717) is 6.61 Å². The molecule has 1 rings (SSSR count). The van der Waals surface area contributed by atoms with Crippen LogP contribution in [0.25, 0.3) is 0 Å². The van der Waals surface area contributed by atoms with E-state index in [1.54, 1.807) is 0 Å². The standard InChI is InChI=1S/C8H16O3S/c1-7(2)10-4-8(3,11-7)5-12-6-9/h9H,4-6H2,1-3H3/t8-/m0/s1. The molecule has 1 N–H and O–H groups in total. The van der Waals surface area contributed by atoms with Crippen LogP contribution in [-0.4, -0.2) is 34.8 Å². The summed E-state index contributed by atoms with van der Waals surface area (Å²) in [6, 6.07) is 0. The predicted octanol–water partition coefficient (Wildman–Crippen LogP) is 1.21. The third-order valence-electron chi connectivity index (χ3n) is 1.72. The van der Waals surface area contributed by atoms with E-state index in [0.717, 1.165) is 5.75 Å². The predicted molar refractivity (Wildman–Crippen MR) is 49.1 cm³/mol. The van der Waals surface area contributed by atoms with Gasteiger partial charge in [0, 0.05) is 5.75 Å². The van der Waals surface area contributed by atoms with Crippen molar-refractivity contribution in [3.63, 3.8) is 0 Å². The van der Waals surface area contributed by atoms with Gasteiger partial charge in [-0.1, -0.05) is 0 Å². The quantitative estimate of drug-likeness (QED) is 0.682. The summed E-state index contributed by atoms with van der Waals surface area (Å²) in [4.78, 5) is 0. The van der Waals surface area contributed by atoms with Gasteiger partial charge in [0.1, 0.15) is 5.60 Å². The number of ether oxygens (including phenoxy) is 2. The van der Waals surface area contributed by atoms with Crippen molar-refractivity contribution < 1.29 is 14.6 Å². The maximum Gasteiger partial charge on any atom is 0.163 e. The molecule has 0 amide bonds. The van der Waals surface area contributed by atoms with Gasteiger partial charge >= 0.3 is 0 Å². The first kappa shape index (κ1) is 10.3. The molecule has 0 aromatic carbocycles. The lowest BCUT2D eigenvalue weighted by Crippen LogP contribution is -2.33. The van der Waals surface area contributed by atoms with Gasteiger partial charge in [0.15, 0.2) is 5.79 Å². The third kappa shape index (κ3) is 2.62. The van der Waals surface area contributed by atoms with E-state index in [1.807, 2.05) is 20.8 Å². The summed E-state index contributed by atoms with van der Waals surface area (Å²) in [7, 11) is 0. The van der Waals surface area contributed by atoms with Gasteiger partial charge < -0.3 is 14.6 Å². The summed E-state index contributed by atoms with van der Waals surface area (Å²) in [6.07, 6.45) is 0. The molecule has 0 bridgehead atoms. The highest BCUT2D eigenvalue weighted by atomic mass is 32.2. The van der Waals surface area contributed by atoms with Crippen LogP contribution in [0.15, 0.2) is 0 Å². The summed E-state index contributed by atoms with van der Waals surface area (Å²) >= 11 is 1.46. The van der Waals surface area contributed by atoms with Gasteiger partial charge in [0.05, 0.1) is 12.5 Å². The molecule has 1 aliphatic heterocycles. The minimum atomic E-state index is -0.467. The van der Waals surface area contributed by atoms with Crippen molar-refractivity contribution in [3.05, 3.63) is 0 Å². The van der Waals surface area contributed by atoms with Crippen LogP contribution >= 0.6 is 11.8 Å². The van der Waals surface area contributed by atoms with Crippen molar-refractivity contribution in [2.75, 3.05) is 18.3 Å². The third-order valence-corrected chi connectivity index (χ3v) is 2.71. The Labute approximate surface area is 77.4 Å². The fourth-order valence-corrected chi connectivity index (χ4v) is 1.98. The smallest absolute Gasteiger partial charge is 0.163 e. The van der Waals surface area contributed by atoms with Crippen LogP contribution in [-0.2, 0) is 9.47 Å². The molecule has 0 aliphatic carbocycles. The summed E-state index contributed by atoms with van der Waals surface area (Å²) in [5.74, 6) is 0.442. The molecule has 1 fully saturated rings. The summed E-state index contributed by atoms with van der Waals surface area (Å²) in [5, 5.41) is 8.64. The average Bonchev–Trinajstić information content (AvgIpc) is 2.23. The SMILES string of the molecule is CC1(C)OC[C@@](C)(CSCO)O1. The molecular formula is C8H16O3S. The van der Waals surface area contributed by atoms with Crippen molar-refractivity contribution in [2.24, 2.45) is 0 Å². The number of aliphatic hydroxyl groups excluding tert-OH is 1. The van der Waals surface area contributed by atoms with E-state index >= 15 is 0 Å². The number of hydrogen-bond acceptors (Lipinski definition) is 4. The van der Waals surface area contributed by atoms with E-state index in [1.165, 1.54) is 11.8 Å². The fourth-order valence-electron chi connectivity index (χ4n) is 1.31. The van der Waals surface area contributed by atoms with E-state index in [2.05, 4.69) is 0 Å². The fraction of sp³-hybridized carbons (Fsp3) is 1.00. The molecule has 0 spiro atoms. The Hall–Kier alpha value is 0.230. The second kappa shape index (κ2) is 3.54. The Morgan fingerprint density at radius 3 is 2.50 bits per heavy atom. The largest absolute Gasteiger partial charge is 0.386 e. The lowest BCUT2D eigenvalue weighted by molar-refractivity contribution is -0.152. The number of aliphatic hydroxyl groups is 1. The Balaban J connectivity index is 2.41. The first-order chi connectivity index (χ1) is 5.47. The Bertz CT molecular complexity index is 160. The van der Waals surface area contributed by atoms with Gasteiger partial charge in [-0.25, -0.2) is 0 Å². The zero-order chi connectivity index (χ0) is 9.24. The summed E-state index contributed by atoms with van der Waals surface area (Å²) in [5.41, 5.74) is -0.239. The molecular weight excluding hydrogens is 176 g/mol. The van der Waals surface area contributed by atoms with Crippen molar-refractivity contribution in [2.45, 2.75) is 32.2 Å². The van der Waals surface area contributed by atoms with E-state index in [4.69, 9.17) is 14.6 Å². The number of hydrogen-bond donors (Lipinski definition) is 1. The lowest BCUT2D eigenvalue weighted by Gasteiger charge is -2.24. The van der Waals surface area contributed by atoms with Gasteiger partial charge in [-0.3, -0.25) is 0 Å². The van der Waals surface area contributed by atoms with Crippen LogP contribution in [0, 0.1) is 0 Å². The first-order valence-corrected chi connectivity index (χ1v) is 5.16. The molecule has 0 saturated carbocycles. The zero-order valence-electron chi connectivity index (χ0n) is 7.79. The zero-order valence-corrected chi connectivity index (χ0v) is 8.61. The normalized spacial score (nSPS) is 34.0. The van der Waals surface area contributed by atoms with E-state index in [-0.39, 0.29) is 11.5 Å². The average molecular weight is 192 g/mol. The van der Waals surface area contributed by atoms with Gasteiger partial charge in [0.2, 0.25) is 0 Å². The molecule has 0 aromatic heterocycles. The lowest BCUT2D eigenvalue weighted by atomic mass is 10.2. The molecule has 72 valence electrons. The molecule has 1 atom stereocenters. The second-order valence-electron chi connectivity index (χ2n) is 3.72. The first-order valence-electron chi connectivity index (χ1n) is 4.00. The van der Waals surface area contributed by atoms with Gasteiger partial charge in [-0.2, -0.15) is 0 Å². The topological polar surface area (TPSA) is 38.7 Å².